The molecule has 0 saturated heterocycles. The molecule has 1 aliphatic carbocycles. The van der Waals surface area contributed by atoms with E-state index in [1.165, 1.54) is 35.2 Å². The van der Waals surface area contributed by atoms with E-state index in [1.54, 1.807) is 24.3 Å². The summed E-state index contributed by atoms with van der Waals surface area (Å²) in [5.41, 5.74) is 1.07. The molecular weight excluding hydrogens is 478 g/mol. The number of aryl methyl sites for hydroxylation is 1. The van der Waals surface area contributed by atoms with Crippen molar-refractivity contribution in [2.75, 3.05) is 5.32 Å². The first kappa shape index (κ1) is 21.6. The summed E-state index contributed by atoms with van der Waals surface area (Å²) in [4.78, 5) is 12.7. The van der Waals surface area contributed by atoms with Crippen LogP contribution in [0.25, 0.3) is 16.9 Å². The van der Waals surface area contributed by atoms with Crippen molar-refractivity contribution in [1.82, 2.24) is 9.78 Å². The third-order valence-corrected chi connectivity index (χ3v) is 6.06. The van der Waals surface area contributed by atoms with Crippen LogP contribution in [-0.4, -0.2) is 15.7 Å². The maximum atomic E-state index is 13.7. The predicted molar refractivity (Wildman–Crippen MR) is 118 cm³/mol. The zero-order chi connectivity index (χ0) is 23.3. The van der Waals surface area contributed by atoms with Gasteiger partial charge in [-0.25, -0.2) is 4.68 Å². The first-order valence-electron chi connectivity index (χ1n) is 9.85. The number of benzene rings is 2. The van der Waals surface area contributed by atoms with Gasteiger partial charge in [-0.3, -0.25) is 4.79 Å². The van der Waals surface area contributed by atoms with Crippen LogP contribution >= 0.6 is 23.2 Å². The Morgan fingerprint density at radius 1 is 1.03 bits per heavy atom. The Morgan fingerprint density at radius 2 is 1.73 bits per heavy atom. The Bertz CT molecular complexity index is 1350. The standard InChI is InChI=1S/C23H14Cl2F3N3O2/c24-16-2-1-3-17(25)19(16)29-22(32)12-4-6-13(7-5-12)31-20-14-10-11-33-18(14)9-8-15(20)21(30-31)23(26,27)28/h1-7,10-11H,8-9H2,(H,29,32). The number of hydrogen-bond acceptors (Lipinski definition) is 3. The molecule has 10 heteroatoms. The molecule has 0 spiro atoms. The minimum Gasteiger partial charge on any atom is -0.469 e. The second kappa shape index (κ2) is 7.97. The van der Waals surface area contributed by atoms with Crippen molar-refractivity contribution in [1.29, 1.82) is 0 Å². The highest BCUT2D eigenvalue weighted by molar-refractivity contribution is 6.40. The van der Waals surface area contributed by atoms with Gasteiger partial charge < -0.3 is 9.73 Å². The lowest BCUT2D eigenvalue weighted by atomic mass is 9.94. The smallest absolute Gasteiger partial charge is 0.435 e. The van der Waals surface area contributed by atoms with E-state index in [4.69, 9.17) is 27.6 Å². The first-order valence-corrected chi connectivity index (χ1v) is 10.6. The van der Waals surface area contributed by atoms with E-state index in [0.717, 1.165) is 0 Å². The van der Waals surface area contributed by atoms with Crippen LogP contribution in [-0.2, 0) is 19.0 Å². The number of amides is 1. The number of carbonyl (C=O) groups is 1. The number of carbonyl (C=O) groups excluding carboxylic acids is 1. The molecule has 5 rings (SSSR count). The van der Waals surface area contributed by atoms with Crippen molar-refractivity contribution in [2.24, 2.45) is 0 Å². The fourth-order valence-corrected chi connectivity index (χ4v) is 4.41. The van der Waals surface area contributed by atoms with E-state index in [-0.39, 0.29) is 33.3 Å². The number of anilines is 1. The Labute approximate surface area is 195 Å². The molecule has 1 aliphatic rings. The van der Waals surface area contributed by atoms with E-state index < -0.39 is 17.8 Å². The van der Waals surface area contributed by atoms with Crippen LogP contribution in [0.2, 0.25) is 10.0 Å². The summed E-state index contributed by atoms with van der Waals surface area (Å²) in [6.45, 7) is 0. The Hall–Kier alpha value is -3.23. The summed E-state index contributed by atoms with van der Waals surface area (Å²) in [7, 11) is 0. The molecule has 1 amide bonds. The average molecular weight is 492 g/mol. The lowest BCUT2D eigenvalue weighted by Gasteiger charge is -2.15. The van der Waals surface area contributed by atoms with Gasteiger partial charge in [-0.2, -0.15) is 18.3 Å². The fourth-order valence-electron chi connectivity index (χ4n) is 3.92. The number of nitrogens with one attached hydrogen (secondary N) is 1. The summed E-state index contributed by atoms with van der Waals surface area (Å²) in [5, 5.41) is 7.11. The minimum absolute atomic E-state index is 0.131. The summed E-state index contributed by atoms with van der Waals surface area (Å²) in [6.07, 6.45) is -2.60. The second-order valence-corrected chi connectivity index (χ2v) is 8.25. The molecule has 33 heavy (non-hydrogen) atoms. The number of para-hydroxylation sites is 1. The number of furan rings is 1. The Kier molecular flexibility index (Phi) is 5.22. The number of fused-ring (bicyclic) bond motifs is 3. The molecule has 168 valence electrons. The summed E-state index contributed by atoms with van der Waals surface area (Å²) in [5.74, 6) is 0.150. The van der Waals surface area contributed by atoms with E-state index >= 15 is 0 Å². The first-order chi connectivity index (χ1) is 15.7. The van der Waals surface area contributed by atoms with Gasteiger partial charge in [-0.15, -0.1) is 0 Å². The monoisotopic (exact) mass is 491 g/mol. The fraction of sp³-hybridized carbons (Fsp3) is 0.130. The van der Waals surface area contributed by atoms with Gasteiger partial charge in [0.15, 0.2) is 5.69 Å². The molecular formula is C23H14Cl2F3N3O2. The minimum atomic E-state index is -4.59. The van der Waals surface area contributed by atoms with Crippen molar-refractivity contribution in [3.05, 3.63) is 87.4 Å². The quantitative estimate of drug-likeness (QED) is 0.342. The van der Waals surface area contributed by atoms with E-state index in [1.807, 2.05) is 0 Å². The molecule has 0 fully saturated rings. The molecule has 1 N–H and O–H groups in total. The zero-order valence-corrected chi connectivity index (χ0v) is 18.2. The normalized spacial score (nSPS) is 12.9. The molecule has 0 unspecified atom stereocenters. The molecule has 0 radical (unpaired) electrons. The Balaban J connectivity index is 1.52. The maximum absolute atomic E-state index is 13.7. The molecule has 2 aromatic heterocycles. The van der Waals surface area contributed by atoms with Crippen LogP contribution in [0.1, 0.15) is 27.4 Å². The number of halogens is 5. The second-order valence-electron chi connectivity index (χ2n) is 7.44. The highest BCUT2D eigenvalue weighted by atomic mass is 35.5. The van der Waals surface area contributed by atoms with Crippen LogP contribution in [0, 0.1) is 0 Å². The molecule has 0 saturated carbocycles. The highest BCUT2D eigenvalue weighted by Gasteiger charge is 2.41. The van der Waals surface area contributed by atoms with Crippen molar-refractivity contribution < 1.29 is 22.4 Å². The lowest BCUT2D eigenvalue weighted by Crippen LogP contribution is -2.13. The molecule has 5 nitrogen and oxygen atoms in total. The highest BCUT2D eigenvalue weighted by Crippen LogP contribution is 2.42. The van der Waals surface area contributed by atoms with Gasteiger partial charge in [0.1, 0.15) is 5.76 Å². The maximum Gasteiger partial charge on any atom is 0.435 e. The summed E-state index contributed by atoms with van der Waals surface area (Å²) >= 11 is 12.2. The third-order valence-electron chi connectivity index (χ3n) is 5.43. The predicted octanol–water partition coefficient (Wildman–Crippen LogP) is 6.81. The Morgan fingerprint density at radius 3 is 2.39 bits per heavy atom. The molecule has 0 bridgehead atoms. The van der Waals surface area contributed by atoms with E-state index in [9.17, 15) is 18.0 Å². The molecule has 4 aromatic rings. The lowest BCUT2D eigenvalue weighted by molar-refractivity contribution is -0.142. The third kappa shape index (κ3) is 3.79. The van der Waals surface area contributed by atoms with Gasteiger partial charge in [-0.05, 0) is 48.9 Å². The van der Waals surface area contributed by atoms with Crippen molar-refractivity contribution in [2.45, 2.75) is 19.0 Å². The number of alkyl halides is 3. The SMILES string of the molecule is O=C(Nc1c(Cl)cccc1Cl)c1ccc(-n2nc(C(F)(F)F)c3c2-c2ccoc2CC3)cc1. The zero-order valence-electron chi connectivity index (χ0n) is 16.7. The van der Waals surface area contributed by atoms with Gasteiger partial charge in [0.05, 0.1) is 33.4 Å². The van der Waals surface area contributed by atoms with Crippen LogP contribution in [0.4, 0.5) is 18.9 Å². The number of nitrogens with zero attached hydrogens (tertiary/aromatic N) is 2. The molecule has 0 aliphatic heterocycles. The van der Waals surface area contributed by atoms with Gasteiger partial charge in [0.2, 0.25) is 0 Å². The van der Waals surface area contributed by atoms with Crippen LogP contribution in [0.15, 0.2) is 59.2 Å². The largest absolute Gasteiger partial charge is 0.469 e. The van der Waals surface area contributed by atoms with E-state index in [2.05, 4.69) is 10.4 Å². The van der Waals surface area contributed by atoms with Crippen molar-refractivity contribution >= 4 is 34.8 Å². The van der Waals surface area contributed by atoms with E-state index in [0.29, 0.717) is 29.1 Å². The van der Waals surface area contributed by atoms with Gasteiger partial charge in [0.25, 0.3) is 5.91 Å². The van der Waals surface area contributed by atoms with Crippen molar-refractivity contribution in [3.63, 3.8) is 0 Å². The topological polar surface area (TPSA) is 60.1 Å². The van der Waals surface area contributed by atoms with Crippen LogP contribution in [0.3, 0.4) is 0 Å². The van der Waals surface area contributed by atoms with Crippen LogP contribution in [0.5, 0.6) is 0 Å². The summed E-state index contributed by atoms with van der Waals surface area (Å²) < 4.78 is 47.7. The molecule has 0 atom stereocenters. The summed E-state index contributed by atoms with van der Waals surface area (Å²) in [6, 6.07) is 12.5. The number of aromatic nitrogens is 2. The van der Waals surface area contributed by atoms with Gasteiger partial charge in [-0.1, -0.05) is 29.3 Å². The average Bonchev–Trinajstić information content (AvgIpc) is 3.40. The van der Waals surface area contributed by atoms with Gasteiger partial charge >= 0.3 is 6.18 Å². The number of hydrogen-bond donors (Lipinski definition) is 1. The molecule has 2 heterocycles. The van der Waals surface area contributed by atoms with Gasteiger partial charge in [0, 0.05) is 23.1 Å². The number of rotatable bonds is 3. The van der Waals surface area contributed by atoms with Crippen LogP contribution < -0.4 is 5.32 Å². The van der Waals surface area contributed by atoms with Crippen molar-refractivity contribution in [3.8, 4) is 16.9 Å². The molecule has 2 aromatic carbocycles.